The molecule has 1 amide bonds. The van der Waals surface area contributed by atoms with Gasteiger partial charge in [0.05, 0.1) is 18.2 Å². The Hall–Kier alpha value is -2.63. The highest BCUT2D eigenvalue weighted by atomic mass is 16.5. The maximum absolute atomic E-state index is 12.7. The van der Waals surface area contributed by atoms with E-state index in [2.05, 4.69) is 5.10 Å². The molecule has 0 bridgehead atoms. The number of rotatable bonds is 4. The lowest BCUT2D eigenvalue weighted by Gasteiger charge is -2.31. The first-order valence-corrected chi connectivity index (χ1v) is 8.25. The van der Waals surface area contributed by atoms with Crippen LogP contribution in [-0.2, 0) is 9.53 Å². The highest BCUT2D eigenvalue weighted by Crippen LogP contribution is 2.20. The maximum Gasteiger partial charge on any atom is 0.310 e. The van der Waals surface area contributed by atoms with Gasteiger partial charge in [-0.1, -0.05) is 0 Å². The van der Waals surface area contributed by atoms with Gasteiger partial charge in [0.15, 0.2) is 0 Å². The largest absolute Gasteiger partial charge is 0.466 e. The molecule has 2 aromatic rings. The Kier molecular flexibility index (Phi) is 4.93. The van der Waals surface area contributed by atoms with Crippen molar-refractivity contribution in [2.45, 2.75) is 19.8 Å². The van der Waals surface area contributed by atoms with Crippen LogP contribution in [0.3, 0.4) is 0 Å². The van der Waals surface area contributed by atoms with Gasteiger partial charge < -0.3 is 9.64 Å². The number of likely N-dealkylation sites (tertiary alicyclic amines) is 1. The van der Waals surface area contributed by atoms with E-state index in [4.69, 9.17) is 4.74 Å². The van der Waals surface area contributed by atoms with Gasteiger partial charge in [-0.15, -0.1) is 0 Å². The number of hydrogen-bond donors (Lipinski definition) is 0. The summed E-state index contributed by atoms with van der Waals surface area (Å²) < 4.78 is 6.83. The summed E-state index contributed by atoms with van der Waals surface area (Å²) in [6.45, 7) is 3.27. The van der Waals surface area contributed by atoms with Crippen molar-refractivity contribution in [2.75, 3.05) is 19.7 Å². The molecular formula is C18H21N3O3. The van der Waals surface area contributed by atoms with Crippen LogP contribution in [0.2, 0.25) is 0 Å². The maximum atomic E-state index is 12.7. The van der Waals surface area contributed by atoms with E-state index in [0.29, 0.717) is 25.3 Å². The molecule has 0 radical (unpaired) electrons. The Labute approximate surface area is 141 Å². The molecule has 0 aliphatic carbocycles. The molecule has 6 nitrogen and oxygen atoms in total. The monoisotopic (exact) mass is 327 g/mol. The minimum Gasteiger partial charge on any atom is -0.466 e. The smallest absolute Gasteiger partial charge is 0.310 e. The SMILES string of the molecule is CCOC(=O)[C@H]1CCCN(C(=O)c2ccc(-n3cccn3)cc2)C1. The molecule has 2 heterocycles. The Balaban J connectivity index is 1.68. The molecule has 1 atom stereocenters. The van der Waals surface area contributed by atoms with Gasteiger partial charge in [0.2, 0.25) is 0 Å². The lowest BCUT2D eigenvalue weighted by atomic mass is 9.97. The van der Waals surface area contributed by atoms with Crippen molar-refractivity contribution in [3.05, 3.63) is 48.3 Å². The van der Waals surface area contributed by atoms with Crippen molar-refractivity contribution in [2.24, 2.45) is 5.92 Å². The highest BCUT2D eigenvalue weighted by molar-refractivity contribution is 5.94. The number of piperidine rings is 1. The fraction of sp³-hybridized carbons (Fsp3) is 0.389. The number of amides is 1. The first-order chi connectivity index (χ1) is 11.7. The predicted octanol–water partition coefficient (Wildman–Crippen LogP) is 2.29. The molecule has 24 heavy (non-hydrogen) atoms. The van der Waals surface area contributed by atoms with Gasteiger partial charge in [0.1, 0.15) is 0 Å². The summed E-state index contributed by atoms with van der Waals surface area (Å²) in [7, 11) is 0. The molecule has 126 valence electrons. The standard InChI is InChI=1S/C18H21N3O3/c1-2-24-18(23)15-5-3-11-20(13-15)17(22)14-6-8-16(9-7-14)21-12-4-10-19-21/h4,6-10,12,15H,2-3,5,11,13H2,1H3/t15-/m0/s1. The number of hydrogen-bond acceptors (Lipinski definition) is 4. The molecule has 0 unspecified atom stereocenters. The summed E-state index contributed by atoms with van der Waals surface area (Å²) >= 11 is 0. The van der Waals surface area contributed by atoms with Gasteiger partial charge in [-0.3, -0.25) is 9.59 Å². The van der Waals surface area contributed by atoms with Crippen LogP contribution in [0.5, 0.6) is 0 Å². The normalized spacial score (nSPS) is 17.5. The third kappa shape index (κ3) is 3.48. The number of benzene rings is 1. The van der Waals surface area contributed by atoms with Crippen LogP contribution in [0, 0.1) is 5.92 Å². The van der Waals surface area contributed by atoms with E-state index in [1.807, 2.05) is 24.4 Å². The van der Waals surface area contributed by atoms with Crippen molar-refractivity contribution in [1.29, 1.82) is 0 Å². The zero-order valence-electron chi connectivity index (χ0n) is 13.7. The first kappa shape index (κ1) is 16.2. The molecule has 0 N–H and O–H groups in total. The summed E-state index contributed by atoms with van der Waals surface area (Å²) in [5.41, 5.74) is 1.52. The predicted molar refractivity (Wildman–Crippen MR) is 88.8 cm³/mol. The van der Waals surface area contributed by atoms with Gasteiger partial charge >= 0.3 is 5.97 Å². The molecule has 0 spiro atoms. The van der Waals surface area contributed by atoms with E-state index in [1.165, 1.54) is 0 Å². The number of carbonyl (C=O) groups excluding carboxylic acids is 2. The molecule has 1 aliphatic heterocycles. The summed E-state index contributed by atoms with van der Waals surface area (Å²) in [5.74, 6) is -0.467. The van der Waals surface area contributed by atoms with Crippen molar-refractivity contribution < 1.29 is 14.3 Å². The number of nitrogens with zero attached hydrogens (tertiary/aromatic N) is 3. The number of esters is 1. The van der Waals surface area contributed by atoms with Crippen molar-refractivity contribution in [3.8, 4) is 5.69 Å². The minimum atomic E-state index is -0.217. The first-order valence-electron chi connectivity index (χ1n) is 8.25. The summed E-state index contributed by atoms with van der Waals surface area (Å²) in [6, 6.07) is 9.18. The van der Waals surface area contributed by atoms with Crippen molar-refractivity contribution >= 4 is 11.9 Å². The van der Waals surface area contributed by atoms with E-state index in [1.54, 1.807) is 34.8 Å². The second-order valence-electron chi connectivity index (χ2n) is 5.84. The van der Waals surface area contributed by atoms with Gasteiger partial charge in [-0.05, 0) is 50.1 Å². The van der Waals surface area contributed by atoms with Gasteiger partial charge in [0, 0.05) is 31.0 Å². The quantitative estimate of drug-likeness (QED) is 0.808. The van der Waals surface area contributed by atoms with Gasteiger partial charge in [-0.2, -0.15) is 5.10 Å². The minimum absolute atomic E-state index is 0.0454. The van der Waals surface area contributed by atoms with Crippen LogP contribution in [0.1, 0.15) is 30.1 Å². The van der Waals surface area contributed by atoms with E-state index >= 15 is 0 Å². The van der Waals surface area contributed by atoms with E-state index in [9.17, 15) is 9.59 Å². The van der Waals surface area contributed by atoms with E-state index in [-0.39, 0.29) is 17.8 Å². The number of carbonyl (C=O) groups is 2. The van der Waals surface area contributed by atoms with Crippen LogP contribution in [0.15, 0.2) is 42.7 Å². The summed E-state index contributed by atoms with van der Waals surface area (Å²) in [4.78, 5) is 26.3. The number of ether oxygens (including phenoxy) is 1. The van der Waals surface area contributed by atoms with Crippen molar-refractivity contribution in [3.63, 3.8) is 0 Å². The molecular weight excluding hydrogens is 306 g/mol. The Morgan fingerprint density at radius 2 is 2.08 bits per heavy atom. The Bertz CT molecular complexity index is 695. The highest BCUT2D eigenvalue weighted by Gasteiger charge is 2.29. The third-order valence-corrected chi connectivity index (χ3v) is 4.21. The molecule has 1 aromatic carbocycles. The molecule has 3 rings (SSSR count). The third-order valence-electron chi connectivity index (χ3n) is 4.21. The lowest BCUT2D eigenvalue weighted by molar-refractivity contribution is -0.149. The molecule has 1 aliphatic rings. The molecule has 1 aromatic heterocycles. The average Bonchev–Trinajstić information content (AvgIpc) is 3.16. The van der Waals surface area contributed by atoms with E-state index < -0.39 is 0 Å². The molecule has 1 saturated heterocycles. The van der Waals surface area contributed by atoms with Crippen LogP contribution >= 0.6 is 0 Å². The summed E-state index contributed by atoms with van der Waals surface area (Å²) in [6.07, 6.45) is 5.16. The fourth-order valence-corrected chi connectivity index (χ4v) is 2.97. The van der Waals surface area contributed by atoms with Crippen LogP contribution in [-0.4, -0.2) is 46.3 Å². The molecule has 1 fully saturated rings. The van der Waals surface area contributed by atoms with Crippen molar-refractivity contribution in [1.82, 2.24) is 14.7 Å². The Morgan fingerprint density at radius 3 is 2.75 bits per heavy atom. The zero-order valence-corrected chi connectivity index (χ0v) is 13.7. The average molecular weight is 327 g/mol. The van der Waals surface area contributed by atoms with Crippen LogP contribution < -0.4 is 0 Å². The second-order valence-corrected chi connectivity index (χ2v) is 5.84. The lowest BCUT2D eigenvalue weighted by Crippen LogP contribution is -2.42. The van der Waals surface area contributed by atoms with Gasteiger partial charge in [0.25, 0.3) is 5.91 Å². The molecule has 0 saturated carbocycles. The van der Waals surface area contributed by atoms with E-state index in [0.717, 1.165) is 18.5 Å². The molecule has 6 heteroatoms. The Morgan fingerprint density at radius 1 is 1.29 bits per heavy atom. The summed E-state index contributed by atoms with van der Waals surface area (Å²) in [5, 5.41) is 4.17. The number of aromatic nitrogens is 2. The van der Waals surface area contributed by atoms with Gasteiger partial charge in [-0.25, -0.2) is 4.68 Å². The topological polar surface area (TPSA) is 64.4 Å². The van der Waals surface area contributed by atoms with Crippen LogP contribution in [0.4, 0.5) is 0 Å². The van der Waals surface area contributed by atoms with Crippen LogP contribution in [0.25, 0.3) is 5.69 Å². The zero-order chi connectivity index (χ0) is 16.9. The fourth-order valence-electron chi connectivity index (χ4n) is 2.97. The second kappa shape index (κ2) is 7.29.